The molecule has 3 N–H and O–H groups in total. The van der Waals surface area contributed by atoms with E-state index in [9.17, 15) is 18.0 Å². The van der Waals surface area contributed by atoms with Crippen molar-refractivity contribution in [1.29, 1.82) is 0 Å². The first kappa shape index (κ1) is 12.9. The van der Waals surface area contributed by atoms with Crippen LogP contribution in [-0.2, 0) is 11.0 Å². The maximum atomic E-state index is 12.4. The molecular weight excluding hydrogens is 245 g/mol. The lowest BCUT2D eigenvalue weighted by molar-refractivity contribution is -0.137. The first-order valence-electron chi connectivity index (χ1n) is 5.57. The Morgan fingerprint density at radius 3 is 2.39 bits per heavy atom. The van der Waals surface area contributed by atoms with Crippen LogP contribution in [-0.4, -0.2) is 18.5 Å². The number of hydrogen-bond acceptors (Lipinski definition) is 2. The molecule has 1 heterocycles. The van der Waals surface area contributed by atoms with Gasteiger partial charge >= 0.3 is 6.18 Å². The number of carbonyl (C=O) groups excluding carboxylic acids is 1. The molecule has 1 aliphatic rings. The van der Waals surface area contributed by atoms with Gasteiger partial charge < -0.3 is 11.1 Å². The van der Waals surface area contributed by atoms with Crippen molar-refractivity contribution < 1.29 is 18.0 Å². The molecule has 18 heavy (non-hydrogen) atoms. The van der Waals surface area contributed by atoms with Crippen LogP contribution in [0.15, 0.2) is 24.3 Å². The lowest BCUT2D eigenvalue weighted by Crippen LogP contribution is -2.47. The SMILES string of the molecule is NC1CNC(=O)CC1c1ccc(C(F)(F)F)cc1. The Hall–Kier alpha value is -1.56. The van der Waals surface area contributed by atoms with Crippen LogP contribution in [0.25, 0.3) is 0 Å². The van der Waals surface area contributed by atoms with Crippen LogP contribution in [0.4, 0.5) is 13.2 Å². The standard InChI is InChI=1S/C12H13F3N2O/c13-12(14,15)8-3-1-7(2-4-8)9-5-11(18)17-6-10(9)16/h1-4,9-10H,5-6,16H2,(H,17,18). The molecular formula is C12H13F3N2O. The Morgan fingerprint density at radius 2 is 1.83 bits per heavy atom. The third kappa shape index (κ3) is 2.64. The summed E-state index contributed by atoms with van der Waals surface area (Å²) in [5.41, 5.74) is 5.84. The number of benzene rings is 1. The van der Waals surface area contributed by atoms with Crippen molar-refractivity contribution in [3.05, 3.63) is 35.4 Å². The van der Waals surface area contributed by atoms with Crippen LogP contribution < -0.4 is 11.1 Å². The summed E-state index contributed by atoms with van der Waals surface area (Å²) in [6, 6.07) is 4.57. The Labute approximate surface area is 102 Å². The zero-order valence-corrected chi connectivity index (χ0v) is 9.50. The average molecular weight is 258 g/mol. The van der Waals surface area contributed by atoms with Crippen LogP contribution in [0, 0.1) is 0 Å². The van der Waals surface area contributed by atoms with Gasteiger partial charge in [-0.25, -0.2) is 0 Å². The molecule has 1 aromatic rings. The van der Waals surface area contributed by atoms with E-state index < -0.39 is 11.7 Å². The van der Waals surface area contributed by atoms with Crippen molar-refractivity contribution in [1.82, 2.24) is 5.32 Å². The molecule has 0 radical (unpaired) electrons. The Kier molecular flexibility index (Phi) is 3.30. The summed E-state index contributed by atoms with van der Waals surface area (Å²) in [6.07, 6.45) is -4.13. The highest BCUT2D eigenvalue weighted by atomic mass is 19.4. The topological polar surface area (TPSA) is 55.1 Å². The number of amides is 1. The molecule has 2 atom stereocenters. The second-order valence-corrected chi connectivity index (χ2v) is 4.40. The van der Waals surface area contributed by atoms with Crippen LogP contribution in [0.5, 0.6) is 0 Å². The van der Waals surface area contributed by atoms with Gasteiger partial charge in [-0.15, -0.1) is 0 Å². The predicted octanol–water partition coefficient (Wildman–Crippen LogP) is 1.64. The van der Waals surface area contributed by atoms with Gasteiger partial charge in [0.2, 0.25) is 5.91 Å². The average Bonchev–Trinajstić information content (AvgIpc) is 2.31. The van der Waals surface area contributed by atoms with Gasteiger partial charge in [-0.2, -0.15) is 13.2 Å². The molecule has 0 aliphatic carbocycles. The Bertz CT molecular complexity index is 442. The van der Waals surface area contributed by atoms with E-state index in [1.54, 1.807) is 0 Å². The fourth-order valence-electron chi connectivity index (χ4n) is 2.08. The highest BCUT2D eigenvalue weighted by Gasteiger charge is 2.32. The van der Waals surface area contributed by atoms with Crippen molar-refractivity contribution in [2.75, 3.05) is 6.54 Å². The molecule has 98 valence electrons. The van der Waals surface area contributed by atoms with Gasteiger partial charge in [-0.1, -0.05) is 12.1 Å². The third-order valence-electron chi connectivity index (χ3n) is 3.12. The Morgan fingerprint density at radius 1 is 1.22 bits per heavy atom. The summed E-state index contributed by atoms with van der Waals surface area (Å²) in [7, 11) is 0. The van der Waals surface area contributed by atoms with E-state index in [0.29, 0.717) is 12.1 Å². The van der Waals surface area contributed by atoms with E-state index in [-0.39, 0.29) is 24.3 Å². The van der Waals surface area contributed by atoms with E-state index in [0.717, 1.165) is 12.1 Å². The first-order valence-corrected chi connectivity index (χ1v) is 5.57. The fraction of sp³-hybridized carbons (Fsp3) is 0.417. The van der Waals surface area contributed by atoms with Gasteiger partial charge in [0.1, 0.15) is 0 Å². The summed E-state index contributed by atoms with van der Waals surface area (Å²) >= 11 is 0. The minimum Gasteiger partial charge on any atom is -0.355 e. The second-order valence-electron chi connectivity index (χ2n) is 4.40. The number of carbonyl (C=O) groups is 1. The molecule has 1 amide bonds. The molecule has 1 fully saturated rings. The van der Waals surface area contributed by atoms with Crippen LogP contribution in [0.3, 0.4) is 0 Å². The monoisotopic (exact) mass is 258 g/mol. The first-order chi connectivity index (χ1) is 8.38. The fourth-order valence-corrected chi connectivity index (χ4v) is 2.08. The normalized spacial score (nSPS) is 24.8. The molecule has 3 nitrogen and oxygen atoms in total. The van der Waals surface area contributed by atoms with Crippen LogP contribution in [0.2, 0.25) is 0 Å². The quantitative estimate of drug-likeness (QED) is 0.804. The molecule has 2 unspecified atom stereocenters. The number of hydrogen-bond donors (Lipinski definition) is 2. The number of piperidine rings is 1. The molecule has 0 saturated carbocycles. The van der Waals surface area contributed by atoms with E-state index >= 15 is 0 Å². The maximum absolute atomic E-state index is 12.4. The predicted molar refractivity (Wildman–Crippen MR) is 59.8 cm³/mol. The zero-order valence-electron chi connectivity index (χ0n) is 9.50. The molecule has 2 rings (SSSR count). The number of nitrogens with two attached hydrogens (primary N) is 1. The summed E-state index contributed by atoms with van der Waals surface area (Å²) in [5, 5.41) is 2.62. The van der Waals surface area contributed by atoms with E-state index in [4.69, 9.17) is 5.73 Å². The minimum absolute atomic E-state index is 0.124. The molecule has 6 heteroatoms. The summed E-state index contributed by atoms with van der Waals surface area (Å²) in [4.78, 5) is 11.3. The highest BCUT2D eigenvalue weighted by molar-refractivity contribution is 5.78. The van der Waals surface area contributed by atoms with Gasteiger partial charge in [-0.3, -0.25) is 4.79 Å². The van der Waals surface area contributed by atoms with Crippen LogP contribution in [0.1, 0.15) is 23.5 Å². The van der Waals surface area contributed by atoms with E-state index in [1.807, 2.05) is 0 Å². The van der Waals surface area contributed by atoms with Crippen molar-refractivity contribution in [3.63, 3.8) is 0 Å². The van der Waals surface area contributed by atoms with E-state index in [1.165, 1.54) is 12.1 Å². The van der Waals surface area contributed by atoms with E-state index in [2.05, 4.69) is 5.32 Å². The summed E-state index contributed by atoms with van der Waals surface area (Å²) < 4.78 is 37.2. The molecule has 0 bridgehead atoms. The third-order valence-corrected chi connectivity index (χ3v) is 3.12. The minimum atomic E-state index is -4.34. The van der Waals surface area contributed by atoms with Gasteiger partial charge in [-0.05, 0) is 17.7 Å². The van der Waals surface area contributed by atoms with Gasteiger partial charge in [0.15, 0.2) is 0 Å². The van der Waals surface area contributed by atoms with Crippen molar-refractivity contribution in [3.8, 4) is 0 Å². The second kappa shape index (κ2) is 4.61. The van der Waals surface area contributed by atoms with Crippen molar-refractivity contribution in [2.24, 2.45) is 5.73 Å². The Balaban J connectivity index is 2.21. The number of halogens is 3. The van der Waals surface area contributed by atoms with Crippen molar-refractivity contribution in [2.45, 2.75) is 24.6 Å². The number of alkyl halides is 3. The summed E-state index contributed by atoms with van der Waals surface area (Å²) in [6.45, 7) is 0.352. The van der Waals surface area contributed by atoms with Crippen LogP contribution >= 0.6 is 0 Å². The molecule has 1 aliphatic heterocycles. The smallest absolute Gasteiger partial charge is 0.355 e. The highest BCUT2D eigenvalue weighted by Crippen LogP contribution is 2.31. The molecule has 0 aromatic heterocycles. The number of nitrogens with one attached hydrogen (secondary N) is 1. The lowest BCUT2D eigenvalue weighted by atomic mass is 9.86. The van der Waals surface area contributed by atoms with Crippen molar-refractivity contribution >= 4 is 5.91 Å². The van der Waals surface area contributed by atoms with Gasteiger partial charge in [0, 0.05) is 24.9 Å². The maximum Gasteiger partial charge on any atom is 0.416 e. The molecule has 1 aromatic carbocycles. The van der Waals surface area contributed by atoms with Gasteiger partial charge in [0.05, 0.1) is 5.56 Å². The molecule has 1 saturated heterocycles. The number of rotatable bonds is 1. The lowest BCUT2D eigenvalue weighted by Gasteiger charge is -2.29. The zero-order chi connectivity index (χ0) is 13.3. The van der Waals surface area contributed by atoms with Gasteiger partial charge in [0.25, 0.3) is 0 Å². The molecule has 0 spiro atoms. The largest absolute Gasteiger partial charge is 0.416 e. The summed E-state index contributed by atoms with van der Waals surface area (Å²) in [5.74, 6) is -0.345.